The molecule has 7 heterocycles. The minimum absolute atomic E-state index is 0.000965. The van der Waals surface area contributed by atoms with Crippen molar-refractivity contribution in [3.05, 3.63) is 52.6 Å². The summed E-state index contributed by atoms with van der Waals surface area (Å²) < 4.78 is 54.2. The van der Waals surface area contributed by atoms with Crippen LogP contribution in [-0.2, 0) is 0 Å². The van der Waals surface area contributed by atoms with Crippen LogP contribution in [0.1, 0.15) is 30.7 Å². The lowest BCUT2D eigenvalue weighted by molar-refractivity contribution is 0.0821. The number of aryl methyl sites for hydroxylation is 1. The van der Waals surface area contributed by atoms with Crippen molar-refractivity contribution in [3.8, 4) is 23.2 Å². The molecule has 4 atom stereocenters. The number of carbonyl (C=O) groups is 1. The van der Waals surface area contributed by atoms with Crippen LogP contribution < -0.4 is 15.4 Å². The molecular formula is C34H30ClF3N10O2S. The second-order valence-corrected chi connectivity index (χ2v) is 15.3. The maximum atomic E-state index is 17.1. The number of halogens is 4. The molecule has 262 valence electrons. The number of fused-ring (bicyclic) bond motifs is 4. The predicted octanol–water partition coefficient (Wildman–Crippen LogP) is 5.54. The molecule has 0 bridgehead atoms. The van der Waals surface area contributed by atoms with E-state index in [1.807, 2.05) is 11.0 Å². The first-order valence-corrected chi connectivity index (χ1v) is 17.8. The third-order valence-electron chi connectivity index (χ3n) is 10.9. The van der Waals surface area contributed by atoms with Gasteiger partial charge in [-0.2, -0.15) is 19.9 Å². The number of hydrogen-bond acceptors (Lipinski definition) is 11. The second-order valence-electron chi connectivity index (χ2n) is 13.8. The van der Waals surface area contributed by atoms with Crippen LogP contribution in [0.15, 0.2) is 24.5 Å². The molecular weight excluding hydrogens is 705 g/mol. The van der Waals surface area contributed by atoms with E-state index in [9.17, 15) is 18.8 Å². The molecule has 17 heteroatoms. The number of likely N-dealkylation sites (tertiary alicyclic amines) is 1. The van der Waals surface area contributed by atoms with Gasteiger partial charge in [-0.05, 0) is 44.0 Å². The number of alkyl halides is 1. The first-order valence-electron chi connectivity index (χ1n) is 16.6. The average molecular weight is 735 g/mol. The monoisotopic (exact) mass is 734 g/mol. The van der Waals surface area contributed by atoms with Crippen molar-refractivity contribution in [3.63, 3.8) is 0 Å². The molecule has 3 aromatic heterocycles. The van der Waals surface area contributed by atoms with Crippen molar-refractivity contribution >= 4 is 60.8 Å². The summed E-state index contributed by atoms with van der Waals surface area (Å²) in [5.74, 6) is -0.419. The number of hydrogen-bond donors (Lipinski definition) is 1. The van der Waals surface area contributed by atoms with Gasteiger partial charge in [0.15, 0.2) is 5.82 Å². The molecule has 4 fully saturated rings. The Morgan fingerprint density at radius 1 is 1.24 bits per heavy atom. The Hall–Kier alpha value is -4.72. The first-order chi connectivity index (χ1) is 24.5. The van der Waals surface area contributed by atoms with E-state index in [2.05, 4.69) is 20.0 Å². The molecule has 2 N–H and O–H groups in total. The van der Waals surface area contributed by atoms with Gasteiger partial charge in [0.25, 0.3) is 0 Å². The van der Waals surface area contributed by atoms with Crippen LogP contribution in [0, 0.1) is 35.8 Å². The van der Waals surface area contributed by atoms with Crippen LogP contribution >= 0.6 is 22.9 Å². The number of thiophene rings is 1. The highest BCUT2D eigenvalue weighted by atomic mass is 35.5. The fourth-order valence-electron chi connectivity index (χ4n) is 8.47. The van der Waals surface area contributed by atoms with Gasteiger partial charge in [-0.1, -0.05) is 17.7 Å². The Balaban J connectivity index is 1.14. The van der Waals surface area contributed by atoms with Crippen LogP contribution in [0.2, 0.25) is 5.02 Å². The number of amides is 1. The summed E-state index contributed by atoms with van der Waals surface area (Å²) in [6, 6.07) is 5.64. The number of carbonyl (C=O) groups excluding carboxylic acids is 1. The van der Waals surface area contributed by atoms with Crippen LogP contribution in [-0.4, -0.2) is 97.6 Å². The zero-order valence-corrected chi connectivity index (χ0v) is 28.8. The van der Waals surface area contributed by atoms with Gasteiger partial charge in [0, 0.05) is 54.9 Å². The van der Waals surface area contributed by atoms with Crippen molar-refractivity contribution in [1.82, 2.24) is 34.5 Å². The molecule has 2 unspecified atom stereocenters. The maximum absolute atomic E-state index is 17.1. The number of aromatic nitrogens is 5. The largest absolute Gasteiger partial charge is 0.461 e. The van der Waals surface area contributed by atoms with Crippen LogP contribution in [0.25, 0.3) is 32.1 Å². The van der Waals surface area contributed by atoms with E-state index >= 15 is 4.39 Å². The lowest BCUT2D eigenvalue weighted by Crippen LogP contribution is -2.59. The summed E-state index contributed by atoms with van der Waals surface area (Å²) in [5.41, 5.74) is 5.64. The molecule has 0 radical (unpaired) electrons. The highest BCUT2D eigenvalue weighted by Crippen LogP contribution is 2.47. The van der Waals surface area contributed by atoms with Gasteiger partial charge >= 0.3 is 12.0 Å². The summed E-state index contributed by atoms with van der Waals surface area (Å²) >= 11 is 7.77. The number of ether oxygens (including phenoxy) is 1. The third-order valence-corrected chi connectivity index (χ3v) is 12.2. The van der Waals surface area contributed by atoms with Gasteiger partial charge in [-0.15, -0.1) is 16.4 Å². The smallest absolute Gasteiger partial charge is 0.346 e. The Labute approximate surface area is 298 Å². The van der Waals surface area contributed by atoms with Crippen molar-refractivity contribution < 1.29 is 22.7 Å². The minimum Gasteiger partial charge on any atom is -0.461 e. The van der Waals surface area contributed by atoms with Gasteiger partial charge in [0.2, 0.25) is 0 Å². The van der Waals surface area contributed by atoms with Gasteiger partial charge in [-0.3, -0.25) is 4.90 Å². The first kappa shape index (κ1) is 32.2. The molecule has 2 aromatic carbocycles. The summed E-state index contributed by atoms with van der Waals surface area (Å²) in [5, 5.41) is 14.6. The number of benzene rings is 2. The minimum atomic E-state index is -0.965. The van der Waals surface area contributed by atoms with E-state index in [0.717, 1.165) is 30.7 Å². The quantitative estimate of drug-likeness (QED) is 0.245. The topological polar surface area (TPSA) is 142 Å². The highest BCUT2D eigenvalue weighted by molar-refractivity contribution is 7.23. The van der Waals surface area contributed by atoms with Gasteiger partial charge in [-0.25, -0.2) is 22.9 Å². The van der Waals surface area contributed by atoms with E-state index in [-0.39, 0.29) is 72.9 Å². The molecule has 51 heavy (non-hydrogen) atoms. The van der Waals surface area contributed by atoms with Crippen LogP contribution in [0.4, 0.5) is 28.8 Å². The average Bonchev–Trinajstić information content (AvgIpc) is 3.90. The van der Waals surface area contributed by atoms with Crippen molar-refractivity contribution in [2.45, 2.75) is 43.9 Å². The zero-order chi connectivity index (χ0) is 35.3. The number of nitrogens with zero attached hydrogens (tertiary/aromatic N) is 9. The number of rotatable bonds is 5. The van der Waals surface area contributed by atoms with Crippen LogP contribution in [0.3, 0.4) is 0 Å². The Bertz CT molecular complexity index is 2330. The molecule has 1 amide bonds. The Morgan fingerprint density at radius 3 is 2.86 bits per heavy atom. The van der Waals surface area contributed by atoms with Crippen molar-refractivity contribution in [2.75, 3.05) is 50.0 Å². The standard InChI is InChI=1S/C34H30ClF3N10O2S/c1-16-41-15-48(44-16)33(49)47-11-17-10-45(13-24(17)47)31-20-7-22(35)26(19-3-4-23(37)29-25(19)21(9-39)30(40)51-29)27(38)28(20)42-32(43-31)50-14-34-5-2-6-46(34)12-18(36)8-34/h3-4,7,15,17-18,24H,2,5-6,8,10-14,40H2,1H3/t17?,18-,24?,34+/m1/s1. The molecule has 4 saturated heterocycles. The normalized spacial score (nSPS) is 24.3. The van der Waals surface area contributed by atoms with E-state index in [0.29, 0.717) is 49.6 Å². The number of nitriles is 1. The molecule has 0 aliphatic carbocycles. The highest BCUT2D eigenvalue weighted by Gasteiger charge is 2.51. The van der Waals surface area contributed by atoms with Crippen molar-refractivity contribution in [1.29, 1.82) is 5.26 Å². The molecule has 4 aliphatic heterocycles. The summed E-state index contributed by atoms with van der Waals surface area (Å²) in [6.07, 6.45) is 2.44. The van der Waals surface area contributed by atoms with E-state index in [4.69, 9.17) is 27.1 Å². The molecule has 4 aliphatic rings. The van der Waals surface area contributed by atoms with Gasteiger partial charge < -0.3 is 20.3 Å². The summed E-state index contributed by atoms with van der Waals surface area (Å²) in [6.45, 7) is 4.37. The molecule has 12 nitrogen and oxygen atoms in total. The van der Waals surface area contributed by atoms with E-state index in [1.165, 1.54) is 23.1 Å². The molecule has 9 rings (SSSR count). The molecule has 0 saturated carbocycles. The second kappa shape index (κ2) is 11.7. The lowest BCUT2D eigenvalue weighted by Gasteiger charge is -2.42. The number of anilines is 2. The Kier molecular flexibility index (Phi) is 7.36. The maximum Gasteiger partial charge on any atom is 0.346 e. The SMILES string of the molecule is Cc1ncn(C(=O)N2CC3CN(c4nc(OC[C@@]56CCCN5C[C@H](F)C6)nc5c(F)c(-c6ccc(F)c7sc(N)c(C#N)c67)c(Cl)cc45)CC32)n1. The van der Waals surface area contributed by atoms with Gasteiger partial charge in [0.1, 0.15) is 53.2 Å². The van der Waals surface area contributed by atoms with Crippen molar-refractivity contribution in [2.24, 2.45) is 5.92 Å². The molecule has 0 spiro atoms. The fourth-order valence-corrected chi connectivity index (χ4v) is 9.71. The zero-order valence-electron chi connectivity index (χ0n) is 27.2. The summed E-state index contributed by atoms with van der Waals surface area (Å²) in [4.78, 5) is 32.4. The Morgan fingerprint density at radius 2 is 2.08 bits per heavy atom. The third kappa shape index (κ3) is 4.92. The number of nitrogen functional groups attached to an aromatic ring is 1. The van der Waals surface area contributed by atoms with E-state index < -0.39 is 23.3 Å². The van der Waals surface area contributed by atoms with Crippen LogP contribution in [0.5, 0.6) is 6.01 Å². The lowest BCUT2D eigenvalue weighted by atomic mass is 9.93. The van der Waals surface area contributed by atoms with E-state index in [1.54, 1.807) is 17.9 Å². The number of nitrogens with two attached hydrogens (primary N) is 1. The summed E-state index contributed by atoms with van der Waals surface area (Å²) in [7, 11) is 0. The predicted molar refractivity (Wildman–Crippen MR) is 185 cm³/mol. The van der Waals surface area contributed by atoms with Gasteiger partial charge in [0.05, 0.1) is 26.9 Å². The fraction of sp³-hybridized carbons (Fsp3) is 0.412. The molecule has 5 aromatic rings.